The van der Waals surface area contributed by atoms with Crippen molar-refractivity contribution in [2.45, 2.75) is 13.8 Å². The third kappa shape index (κ3) is 0.878. The standard InChI is InChI=1S/C8H8Se2/c1-5-6(2)10-7-3-4-9-8(5)7/h3-4H,1-2H3. The Morgan fingerprint density at radius 1 is 1.30 bits per heavy atom. The normalized spacial score (nSPS) is 11.0. The van der Waals surface area contributed by atoms with E-state index in [1.165, 1.54) is 0 Å². The van der Waals surface area contributed by atoms with E-state index >= 15 is 0 Å². The van der Waals surface area contributed by atoms with Crippen molar-refractivity contribution in [3.8, 4) is 0 Å². The van der Waals surface area contributed by atoms with Crippen molar-refractivity contribution in [2.75, 3.05) is 0 Å². The first-order valence-corrected chi connectivity index (χ1v) is 6.78. The molecule has 0 fully saturated rings. The minimum atomic E-state index is 0.679. The van der Waals surface area contributed by atoms with Crippen LogP contribution in [0.1, 0.15) is 10.0 Å². The Hall–Kier alpha value is 0.259. The second kappa shape index (κ2) is 2.39. The van der Waals surface area contributed by atoms with Crippen molar-refractivity contribution >= 4 is 37.5 Å². The fourth-order valence-corrected chi connectivity index (χ4v) is 6.62. The maximum atomic E-state index is 2.34. The first-order chi connectivity index (χ1) is 4.79. The molecule has 2 rings (SSSR count). The topological polar surface area (TPSA) is 0 Å². The van der Waals surface area contributed by atoms with Crippen molar-refractivity contribution in [3.05, 3.63) is 21.0 Å². The van der Waals surface area contributed by atoms with E-state index in [1.54, 1.807) is 18.5 Å². The van der Waals surface area contributed by atoms with Gasteiger partial charge in [0.2, 0.25) is 0 Å². The van der Waals surface area contributed by atoms with E-state index in [4.69, 9.17) is 0 Å². The molecule has 0 aliphatic heterocycles. The molecule has 52 valence electrons. The molecule has 2 aromatic rings. The zero-order valence-corrected chi connectivity index (χ0v) is 9.40. The summed E-state index contributed by atoms with van der Waals surface area (Å²) in [7, 11) is 0. The summed E-state index contributed by atoms with van der Waals surface area (Å²) in [6, 6.07) is 2.33. The summed E-state index contributed by atoms with van der Waals surface area (Å²) in [5.41, 5.74) is 1.60. The average molecular weight is 262 g/mol. The molecule has 10 heavy (non-hydrogen) atoms. The van der Waals surface area contributed by atoms with Crippen LogP contribution < -0.4 is 0 Å². The van der Waals surface area contributed by atoms with E-state index in [1.807, 2.05) is 0 Å². The number of hydrogen-bond acceptors (Lipinski definition) is 0. The SMILES string of the molecule is Cc1[se]c2cc[se]c2c1C. The Morgan fingerprint density at radius 2 is 2.10 bits per heavy atom. The van der Waals surface area contributed by atoms with Gasteiger partial charge in [0.1, 0.15) is 0 Å². The number of hydrogen-bond donors (Lipinski definition) is 0. The Bertz CT molecular complexity index is 354. The molecule has 0 nitrogen and oxygen atoms in total. The van der Waals surface area contributed by atoms with Crippen molar-refractivity contribution in [2.24, 2.45) is 0 Å². The molecule has 0 amide bonds. The van der Waals surface area contributed by atoms with Gasteiger partial charge >= 0.3 is 72.4 Å². The maximum absolute atomic E-state index is 2.34. The monoisotopic (exact) mass is 264 g/mol. The summed E-state index contributed by atoms with van der Waals surface area (Å²) in [6.07, 6.45) is 0. The Balaban J connectivity index is 2.95. The summed E-state index contributed by atoms with van der Waals surface area (Å²) in [6.45, 7) is 4.55. The summed E-state index contributed by atoms with van der Waals surface area (Å²) in [5.74, 6) is 0. The van der Waals surface area contributed by atoms with Gasteiger partial charge in [-0.15, -0.1) is 0 Å². The van der Waals surface area contributed by atoms with Crippen LogP contribution in [0.25, 0.3) is 8.52 Å². The predicted molar refractivity (Wildman–Crippen MR) is 47.3 cm³/mol. The molecule has 0 aliphatic rings. The molecule has 0 saturated heterocycles. The summed E-state index contributed by atoms with van der Waals surface area (Å²) in [5, 5.41) is 0. The summed E-state index contributed by atoms with van der Waals surface area (Å²) < 4.78 is 4.98. The molecule has 0 radical (unpaired) electrons. The van der Waals surface area contributed by atoms with Gasteiger partial charge in [-0.1, -0.05) is 0 Å². The number of rotatable bonds is 0. The van der Waals surface area contributed by atoms with Crippen LogP contribution in [0.4, 0.5) is 0 Å². The van der Waals surface area contributed by atoms with Gasteiger partial charge in [-0.05, 0) is 0 Å². The first kappa shape index (κ1) is 6.94. The van der Waals surface area contributed by atoms with Gasteiger partial charge in [-0.2, -0.15) is 0 Å². The predicted octanol–water partition coefficient (Wildman–Crippen LogP) is 1.57. The fraction of sp³-hybridized carbons (Fsp3) is 0.250. The molecular weight excluding hydrogens is 254 g/mol. The molecule has 0 bridgehead atoms. The van der Waals surface area contributed by atoms with Crippen LogP contribution in [0.2, 0.25) is 0 Å². The fourth-order valence-electron chi connectivity index (χ4n) is 1.05. The van der Waals surface area contributed by atoms with Crippen molar-refractivity contribution in [3.63, 3.8) is 0 Å². The van der Waals surface area contributed by atoms with Gasteiger partial charge in [0.25, 0.3) is 0 Å². The van der Waals surface area contributed by atoms with Crippen LogP contribution in [0.5, 0.6) is 0 Å². The third-order valence-electron chi connectivity index (χ3n) is 1.76. The summed E-state index contributed by atoms with van der Waals surface area (Å²) in [4.78, 5) is 2.34. The Morgan fingerprint density at radius 3 is 2.80 bits per heavy atom. The van der Waals surface area contributed by atoms with Crippen LogP contribution in [0.3, 0.4) is 0 Å². The van der Waals surface area contributed by atoms with E-state index in [9.17, 15) is 0 Å². The molecule has 2 heterocycles. The molecule has 0 spiro atoms. The molecule has 2 aromatic heterocycles. The number of aryl methyl sites for hydroxylation is 2. The van der Waals surface area contributed by atoms with Crippen molar-refractivity contribution in [1.82, 2.24) is 0 Å². The third-order valence-corrected chi connectivity index (χ3v) is 7.05. The second-order valence-corrected chi connectivity index (χ2v) is 6.96. The Kier molecular flexibility index (Phi) is 1.66. The van der Waals surface area contributed by atoms with Gasteiger partial charge in [0, 0.05) is 0 Å². The van der Waals surface area contributed by atoms with Gasteiger partial charge < -0.3 is 0 Å². The first-order valence-electron chi connectivity index (χ1n) is 3.22. The van der Waals surface area contributed by atoms with Crippen molar-refractivity contribution in [1.29, 1.82) is 0 Å². The minimum absolute atomic E-state index is 0.679. The molecule has 0 atom stereocenters. The van der Waals surface area contributed by atoms with Gasteiger partial charge in [0.15, 0.2) is 0 Å². The zero-order valence-electron chi connectivity index (χ0n) is 5.97. The molecular formula is C8H8Se2. The van der Waals surface area contributed by atoms with E-state index in [0.29, 0.717) is 29.0 Å². The van der Waals surface area contributed by atoms with Crippen molar-refractivity contribution < 1.29 is 0 Å². The molecule has 0 saturated carbocycles. The van der Waals surface area contributed by atoms with Crippen LogP contribution in [0.15, 0.2) is 11.0 Å². The van der Waals surface area contributed by atoms with Gasteiger partial charge in [-0.3, -0.25) is 0 Å². The zero-order chi connectivity index (χ0) is 7.14. The van der Waals surface area contributed by atoms with Gasteiger partial charge in [0.05, 0.1) is 0 Å². The second-order valence-electron chi connectivity index (χ2n) is 2.40. The van der Waals surface area contributed by atoms with E-state index in [-0.39, 0.29) is 0 Å². The van der Waals surface area contributed by atoms with E-state index in [0.717, 1.165) is 0 Å². The quantitative estimate of drug-likeness (QED) is 0.632. The molecule has 0 unspecified atom stereocenters. The molecule has 0 N–H and O–H groups in total. The average Bonchev–Trinajstić information content (AvgIpc) is 2.41. The van der Waals surface area contributed by atoms with Gasteiger partial charge in [-0.25, -0.2) is 0 Å². The van der Waals surface area contributed by atoms with E-state index < -0.39 is 0 Å². The van der Waals surface area contributed by atoms with Crippen LogP contribution in [-0.4, -0.2) is 29.0 Å². The van der Waals surface area contributed by atoms with E-state index in [2.05, 4.69) is 24.9 Å². The number of fused-ring (bicyclic) bond motifs is 1. The molecule has 0 aliphatic carbocycles. The van der Waals surface area contributed by atoms with Crippen LogP contribution in [0, 0.1) is 13.8 Å². The van der Waals surface area contributed by atoms with Crippen LogP contribution >= 0.6 is 0 Å². The molecule has 0 aromatic carbocycles. The molecule has 2 heteroatoms. The summed E-state index contributed by atoms with van der Waals surface area (Å²) >= 11 is 1.37. The van der Waals surface area contributed by atoms with Crippen LogP contribution in [-0.2, 0) is 0 Å². The Labute approximate surface area is 72.4 Å².